The second-order valence-corrected chi connectivity index (χ2v) is 6.27. The van der Waals surface area contributed by atoms with Gasteiger partial charge in [0.25, 0.3) is 6.43 Å². The maximum absolute atomic E-state index is 12.8. The van der Waals surface area contributed by atoms with Crippen LogP contribution in [0.2, 0.25) is 0 Å². The van der Waals surface area contributed by atoms with Gasteiger partial charge in [-0.15, -0.1) is 0 Å². The molecule has 0 bridgehead atoms. The normalized spacial score (nSPS) is 10.9. The minimum absolute atomic E-state index is 0.0552. The second kappa shape index (κ2) is 8.52. The molecule has 8 nitrogen and oxygen atoms in total. The molecule has 0 aliphatic heterocycles. The van der Waals surface area contributed by atoms with Crippen LogP contribution < -0.4 is 5.32 Å². The first kappa shape index (κ1) is 19.2. The van der Waals surface area contributed by atoms with Gasteiger partial charge in [0.15, 0.2) is 0 Å². The van der Waals surface area contributed by atoms with Crippen LogP contribution in [0.4, 0.5) is 14.6 Å². The number of amides is 1. The van der Waals surface area contributed by atoms with Gasteiger partial charge in [-0.3, -0.25) is 24.4 Å². The molecular formula is C20H15F2N7O. The van der Waals surface area contributed by atoms with Gasteiger partial charge in [-0.25, -0.2) is 13.8 Å². The molecule has 0 aromatic carbocycles. The van der Waals surface area contributed by atoms with Gasteiger partial charge in [0.2, 0.25) is 5.91 Å². The maximum atomic E-state index is 12.8. The summed E-state index contributed by atoms with van der Waals surface area (Å²) >= 11 is 0. The number of carbonyl (C=O) groups excluding carboxylic acids is 1. The third kappa shape index (κ3) is 4.49. The number of pyridine rings is 2. The number of hydrogen-bond acceptors (Lipinski definition) is 6. The highest BCUT2D eigenvalue weighted by Gasteiger charge is 2.12. The van der Waals surface area contributed by atoms with Crippen molar-refractivity contribution in [3.05, 3.63) is 73.3 Å². The highest BCUT2D eigenvalue weighted by molar-refractivity contribution is 5.89. The molecule has 0 unspecified atom stereocenters. The van der Waals surface area contributed by atoms with Crippen LogP contribution in [0.15, 0.2) is 67.6 Å². The van der Waals surface area contributed by atoms with Crippen molar-refractivity contribution >= 4 is 11.7 Å². The van der Waals surface area contributed by atoms with Crippen molar-refractivity contribution in [3.63, 3.8) is 0 Å². The van der Waals surface area contributed by atoms with Crippen LogP contribution in [-0.2, 0) is 11.3 Å². The van der Waals surface area contributed by atoms with Crippen molar-refractivity contribution in [1.29, 1.82) is 0 Å². The molecule has 0 atom stereocenters. The van der Waals surface area contributed by atoms with Crippen LogP contribution in [0, 0.1) is 0 Å². The first-order valence-electron chi connectivity index (χ1n) is 8.88. The summed E-state index contributed by atoms with van der Waals surface area (Å²) in [5.74, 6) is 0.0585. The van der Waals surface area contributed by atoms with Crippen LogP contribution in [0.5, 0.6) is 0 Å². The van der Waals surface area contributed by atoms with Gasteiger partial charge in [0, 0.05) is 42.1 Å². The Morgan fingerprint density at radius 3 is 2.60 bits per heavy atom. The highest BCUT2D eigenvalue weighted by atomic mass is 19.3. The zero-order valence-electron chi connectivity index (χ0n) is 15.5. The molecule has 10 heteroatoms. The molecule has 0 aliphatic rings. The van der Waals surface area contributed by atoms with Crippen LogP contribution in [0.25, 0.3) is 22.4 Å². The Labute approximate surface area is 169 Å². The fourth-order valence-corrected chi connectivity index (χ4v) is 2.74. The van der Waals surface area contributed by atoms with E-state index in [9.17, 15) is 13.6 Å². The molecule has 0 radical (unpaired) electrons. The van der Waals surface area contributed by atoms with Crippen molar-refractivity contribution in [2.24, 2.45) is 0 Å². The number of carbonyl (C=O) groups is 1. The first-order valence-corrected chi connectivity index (χ1v) is 8.88. The Morgan fingerprint density at radius 2 is 1.87 bits per heavy atom. The second-order valence-electron chi connectivity index (χ2n) is 6.27. The summed E-state index contributed by atoms with van der Waals surface area (Å²) < 4.78 is 27.1. The number of hydrogen-bond donors (Lipinski definition) is 1. The molecule has 4 aromatic heterocycles. The molecule has 150 valence electrons. The van der Waals surface area contributed by atoms with Gasteiger partial charge >= 0.3 is 0 Å². The van der Waals surface area contributed by atoms with E-state index in [0.29, 0.717) is 22.6 Å². The number of rotatable bonds is 6. The lowest BCUT2D eigenvalue weighted by molar-refractivity contribution is -0.116. The Bertz CT molecular complexity index is 1150. The molecule has 1 amide bonds. The van der Waals surface area contributed by atoms with E-state index in [1.54, 1.807) is 49.2 Å². The van der Waals surface area contributed by atoms with Crippen molar-refractivity contribution < 1.29 is 13.6 Å². The molecule has 0 saturated heterocycles. The average Bonchev–Trinajstić information content (AvgIpc) is 3.23. The molecular weight excluding hydrogens is 392 g/mol. The molecule has 4 aromatic rings. The SMILES string of the molecule is O=C(Cn1cc(-c2ccnc(C(F)F)c2)cn1)Nc1ccc(-c2cnccn2)cn1. The molecule has 0 spiro atoms. The van der Waals surface area contributed by atoms with E-state index >= 15 is 0 Å². The standard InChI is InChI=1S/C20H15F2N7O/c21-20(22)16-7-13(3-4-24-16)15-9-27-29(11-15)12-19(30)28-18-2-1-14(8-26-18)17-10-23-5-6-25-17/h1-11,20H,12H2,(H,26,28,30). The lowest BCUT2D eigenvalue weighted by Gasteiger charge is -2.06. The first-order chi connectivity index (χ1) is 14.6. The van der Waals surface area contributed by atoms with E-state index < -0.39 is 6.43 Å². The van der Waals surface area contributed by atoms with E-state index in [-0.39, 0.29) is 18.1 Å². The van der Waals surface area contributed by atoms with E-state index in [2.05, 4.69) is 30.4 Å². The molecule has 0 fully saturated rings. The molecule has 4 heterocycles. The lowest BCUT2D eigenvalue weighted by atomic mass is 10.1. The smallest absolute Gasteiger partial charge is 0.280 e. The summed E-state index contributed by atoms with van der Waals surface area (Å²) in [6, 6.07) is 6.35. The fourth-order valence-electron chi connectivity index (χ4n) is 2.74. The largest absolute Gasteiger partial charge is 0.309 e. The van der Waals surface area contributed by atoms with Gasteiger partial charge < -0.3 is 5.32 Å². The molecule has 4 rings (SSSR count). The van der Waals surface area contributed by atoms with Crippen molar-refractivity contribution in [3.8, 4) is 22.4 Å². The van der Waals surface area contributed by atoms with E-state index in [4.69, 9.17) is 0 Å². The Kier molecular flexibility index (Phi) is 5.46. The lowest BCUT2D eigenvalue weighted by Crippen LogP contribution is -2.19. The summed E-state index contributed by atoms with van der Waals surface area (Å²) in [7, 11) is 0. The topological polar surface area (TPSA) is 98.5 Å². The van der Waals surface area contributed by atoms with Gasteiger partial charge in [-0.1, -0.05) is 0 Å². The summed E-state index contributed by atoms with van der Waals surface area (Å²) in [5.41, 5.74) is 2.30. The van der Waals surface area contributed by atoms with Crippen LogP contribution in [0.3, 0.4) is 0 Å². The van der Waals surface area contributed by atoms with Crippen molar-refractivity contribution in [2.45, 2.75) is 13.0 Å². The Morgan fingerprint density at radius 1 is 0.967 bits per heavy atom. The Balaban J connectivity index is 1.40. The summed E-state index contributed by atoms with van der Waals surface area (Å²) in [6.07, 6.45) is 8.16. The van der Waals surface area contributed by atoms with Crippen molar-refractivity contribution in [1.82, 2.24) is 29.7 Å². The van der Waals surface area contributed by atoms with E-state index in [1.807, 2.05) is 0 Å². The van der Waals surface area contributed by atoms with Crippen LogP contribution in [0.1, 0.15) is 12.1 Å². The zero-order valence-corrected chi connectivity index (χ0v) is 15.5. The molecule has 30 heavy (non-hydrogen) atoms. The number of anilines is 1. The van der Waals surface area contributed by atoms with Gasteiger partial charge in [-0.05, 0) is 29.8 Å². The summed E-state index contributed by atoms with van der Waals surface area (Å²) in [5, 5.41) is 6.80. The Hall–Kier alpha value is -4.08. The number of halogens is 2. The number of nitrogens with zero attached hydrogens (tertiary/aromatic N) is 6. The third-order valence-electron chi connectivity index (χ3n) is 4.17. The number of aromatic nitrogens is 6. The molecule has 0 aliphatic carbocycles. The number of alkyl halides is 2. The molecule has 1 N–H and O–H groups in total. The van der Waals surface area contributed by atoms with Crippen LogP contribution in [-0.4, -0.2) is 35.6 Å². The fraction of sp³-hybridized carbons (Fsp3) is 0.100. The van der Waals surface area contributed by atoms with Crippen LogP contribution >= 0.6 is 0 Å². The minimum Gasteiger partial charge on any atom is -0.309 e. The maximum Gasteiger partial charge on any atom is 0.280 e. The quantitative estimate of drug-likeness (QED) is 0.526. The summed E-state index contributed by atoms with van der Waals surface area (Å²) in [6.45, 7) is -0.0552. The molecule has 0 saturated carbocycles. The van der Waals surface area contributed by atoms with Gasteiger partial charge in [0.05, 0.1) is 18.1 Å². The summed E-state index contributed by atoms with van der Waals surface area (Å²) in [4.78, 5) is 28.3. The van der Waals surface area contributed by atoms with Crippen molar-refractivity contribution in [2.75, 3.05) is 5.32 Å². The van der Waals surface area contributed by atoms with Gasteiger partial charge in [-0.2, -0.15) is 5.10 Å². The highest BCUT2D eigenvalue weighted by Crippen LogP contribution is 2.23. The predicted octanol–water partition coefficient (Wildman–Crippen LogP) is 3.37. The number of nitrogens with one attached hydrogen (secondary N) is 1. The monoisotopic (exact) mass is 407 g/mol. The van der Waals surface area contributed by atoms with E-state index in [1.165, 1.54) is 23.1 Å². The predicted molar refractivity (Wildman–Crippen MR) is 104 cm³/mol. The van der Waals surface area contributed by atoms with Gasteiger partial charge in [0.1, 0.15) is 18.1 Å². The van der Waals surface area contributed by atoms with E-state index in [0.717, 1.165) is 5.56 Å². The minimum atomic E-state index is -2.65. The zero-order chi connectivity index (χ0) is 20.9. The average molecular weight is 407 g/mol. The third-order valence-corrected chi connectivity index (χ3v) is 4.17.